The number of nitrogens with one attached hydrogen (secondary N) is 2. The predicted molar refractivity (Wildman–Crippen MR) is 124 cm³/mol. The van der Waals surface area contributed by atoms with Crippen molar-refractivity contribution in [1.29, 1.82) is 5.26 Å². The van der Waals surface area contributed by atoms with Crippen LogP contribution in [0.2, 0.25) is 0 Å². The number of hydrogen-bond acceptors (Lipinski definition) is 3. The zero-order valence-corrected chi connectivity index (χ0v) is 18.6. The molecule has 0 fully saturated rings. The summed E-state index contributed by atoms with van der Waals surface area (Å²) in [5.41, 5.74) is 2.10. The minimum Gasteiger partial charge on any atom is -0.372 e. The quantitative estimate of drug-likeness (QED) is 0.253. The second kappa shape index (κ2) is 12.9. The van der Waals surface area contributed by atoms with Gasteiger partial charge in [-0.15, -0.1) is 24.0 Å². The van der Waals surface area contributed by atoms with Crippen LogP contribution in [-0.4, -0.2) is 32.6 Å². The van der Waals surface area contributed by atoms with Crippen LogP contribution < -0.4 is 15.5 Å². The lowest BCUT2D eigenvalue weighted by Crippen LogP contribution is -2.38. The summed E-state index contributed by atoms with van der Waals surface area (Å²) in [5.74, 6) is 0.276. The number of aliphatic imine (C=N–C) groups is 1. The minimum absolute atomic E-state index is 0. The normalized spacial score (nSPS) is 10.6. The van der Waals surface area contributed by atoms with E-state index in [1.807, 2.05) is 24.3 Å². The van der Waals surface area contributed by atoms with Crippen molar-refractivity contribution < 1.29 is 4.39 Å². The summed E-state index contributed by atoms with van der Waals surface area (Å²) < 4.78 is 13.8. The van der Waals surface area contributed by atoms with Crippen LogP contribution in [0.15, 0.2) is 53.5 Å². The molecule has 0 spiro atoms. The van der Waals surface area contributed by atoms with Crippen LogP contribution in [0.4, 0.5) is 10.1 Å². The van der Waals surface area contributed by atoms with Crippen LogP contribution >= 0.6 is 24.0 Å². The second-order valence-electron chi connectivity index (χ2n) is 6.04. The van der Waals surface area contributed by atoms with E-state index in [9.17, 15) is 4.39 Å². The van der Waals surface area contributed by atoms with Crippen LogP contribution in [0.25, 0.3) is 0 Å². The van der Waals surface area contributed by atoms with E-state index in [-0.39, 0.29) is 36.3 Å². The first kappa shape index (κ1) is 23.7. The molecule has 2 rings (SSSR count). The highest BCUT2D eigenvalue weighted by molar-refractivity contribution is 14.0. The minimum atomic E-state index is -0.335. The molecule has 0 unspecified atom stereocenters. The number of para-hydroxylation sites is 1. The highest BCUT2D eigenvalue weighted by Gasteiger charge is 2.06. The van der Waals surface area contributed by atoms with Crippen LogP contribution in [0.3, 0.4) is 0 Å². The Hall–Kier alpha value is -2.34. The van der Waals surface area contributed by atoms with Gasteiger partial charge < -0.3 is 15.5 Å². The third-order valence-electron chi connectivity index (χ3n) is 4.25. The molecular formula is C21H27FIN5. The molecule has 0 saturated carbocycles. The van der Waals surface area contributed by atoms with Crippen LogP contribution in [-0.2, 0) is 6.54 Å². The summed E-state index contributed by atoms with van der Waals surface area (Å²) in [6, 6.07) is 16.7. The highest BCUT2D eigenvalue weighted by atomic mass is 127. The standard InChI is InChI=1S/C21H26FN5.HI/c1-3-27(19-8-5-4-6-9-19)13-7-12-25-21(24-2)26-16-18-14-17(15-23)10-11-20(18)22;/h4-6,8-11,14H,3,7,12-13,16H2,1-2H3,(H2,24,25,26);1H. The maximum Gasteiger partial charge on any atom is 0.191 e. The number of anilines is 1. The van der Waals surface area contributed by atoms with Crippen molar-refractivity contribution in [3.8, 4) is 6.07 Å². The molecule has 0 aliphatic rings. The van der Waals surface area contributed by atoms with E-state index in [0.29, 0.717) is 17.1 Å². The zero-order valence-electron chi connectivity index (χ0n) is 16.3. The molecule has 0 aliphatic carbocycles. The molecule has 0 aromatic heterocycles. The van der Waals surface area contributed by atoms with Gasteiger partial charge in [0.05, 0.1) is 11.6 Å². The molecule has 0 bridgehead atoms. The van der Waals surface area contributed by atoms with E-state index < -0.39 is 0 Å². The van der Waals surface area contributed by atoms with E-state index in [4.69, 9.17) is 5.26 Å². The maximum absolute atomic E-state index is 13.8. The summed E-state index contributed by atoms with van der Waals surface area (Å²) in [6.07, 6.45) is 0.946. The van der Waals surface area contributed by atoms with E-state index in [2.05, 4.69) is 39.6 Å². The lowest BCUT2D eigenvalue weighted by Gasteiger charge is -2.23. The molecule has 0 atom stereocenters. The van der Waals surface area contributed by atoms with Gasteiger partial charge >= 0.3 is 0 Å². The molecule has 0 radical (unpaired) electrons. The molecule has 7 heteroatoms. The first-order chi connectivity index (χ1) is 13.2. The van der Waals surface area contributed by atoms with Crippen molar-refractivity contribution in [3.63, 3.8) is 0 Å². The van der Waals surface area contributed by atoms with Gasteiger partial charge in [0.2, 0.25) is 0 Å². The van der Waals surface area contributed by atoms with E-state index in [1.165, 1.54) is 17.8 Å². The van der Waals surface area contributed by atoms with Crippen LogP contribution in [0, 0.1) is 17.1 Å². The van der Waals surface area contributed by atoms with Gasteiger partial charge in [0.1, 0.15) is 5.82 Å². The lowest BCUT2D eigenvalue weighted by molar-refractivity contribution is 0.604. The third kappa shape index (κ3) is 7.35. The van der Waals surface area contributed by atoms with Crippen molar-refractivity contribution in [2.45, 2.75) is 19.9 Å². The van der Waals surface area contributed by atoms with Crippen molar-refractivity contribution >= 4 is 35.6 Å². The largest absolute Gasteiger partial charge is 0.372 e. The van der Waals surface area contributed by atoms with Crippen molar-refractivity contribution in [1.82, 2.24) is 10.6 Å². The Balaban J connectivity index is 0.00000392. The zero-order chi connectivity index (χ0) is 19.5. The monoisotopic (exact) mass is 495 g/mol. The molecular weight excluding hydrogens is 468 g/mol. The van der Waals surface area contributed by atoms with E-state index in [0.717, 1.165) is 26.1 Å². The van der Waals surface area contributed by atoms with Gasteiger partial charge in [-0.25, -0.2) is 4.39 Å². The number of benzene rings is 2. The average molecular weight is 495 g/mol. The topological polar surface area (TPSA) is 63.4 Å². The molecule has 0 heterocycles. The Morgan fingerprint density at radius 3 is 2.57 bits per heavy atom. The predicted octanol–water partition coefficient (Wildman–Crippen LogP) is 3.90. The van der Waals surface area contributed by atoms with Crippen molar-refractivity contribution in [2.24, 2.45) is 4.99 Å². The molecule has 0 amide bonds. The average Bonchev–Trinajstić information content (AvgIpc) is 2.72. The maximum atomic E-state index is 13.8. The number of hydrogen-bond donors (Lipinski definition) is 2. The summed E-state index contributed by atoms with van der Waals surface area (Å²) in [4.78, 5) is 6.48. The van der Waals surface area contributed by atoms with Gasteiger partial charge in [0.25, 0.3) is 0 Å². The summed E-state index contributed by atoms with van der Waals surface area (Å²) in [5, 5.41) is 15.3. The van der Waals surface area contributed by atoms with Gasteiger partial charge in [-0.3, -0.25) is 4.99 Å². The molecule has 2 aromatic carbocycles. The van der Waals surface area contributed by atoms with E-state index >= 15 is 0 Å². The number of halogens is 2. The Morgan fingerprint density at radius 1 is 1.18 bits per heavy atom. The second-order valence-corrected chi connectivity index (χ2v) is 6.04. The lowest BCUT2D eigenvalue weighted by atomic mass is 10.1. The fourth-order valence-corrected chi connectivity index (χ4v) is 2.76. The molecule has 2 aromatic rings. The SMILES string of the molecule is CCN(CCCNC(=NC)NCc1cc(C#N)ccc1F)c1ccccc1.I. The number of nitrogens with zero attached hydrogens (tertiary/aromatic N) is 3. The molecule has 0 saturated heterocycles. The Labute approximate surface area is 183 Å². The first-order valence-corrected chi connectivity index (χ1v) is 9.11. The Bertz CT molecular complexity index is 789. The van der Waals surface area contributed by atoms with Crippen molar-refractivity contribution in [2.75, 3.05) is 31.6 Å². The van der Waals surface area contributed by atoms with Crippen LogP contribution in [0.5, 0.6) is 0 Å². The molecule has 28 heavy (non-hydrogen) atoms. The molecule has 5 nitrogen and oxygen atoms in total. The van der Waals surface area contributed by atoms with Gasteiger partial charge in [-0.2, -0.15) is 5.26 Å². The first-order valence-electron chi connectivity index (χ1n) is 9.11. The molecule has 0 aliphatic heterocycles. The molecule has 150 valence electrons. The van der Waals surface area contributed by atoms with Gasteiger partial charge in [0, 0.05) is 44.5 Å². The van der Waals surface area contributed by atoms with Crippen LogP contribution in [0.1, 0.15) is 24.5 Å². The highest BCUT2D eigenvalue weighted by Crippen LogP contribution is 2.13. The summed E-state index contributed by atoms with van der Waals surface area (Å²) in [7, 11) is 1.68. The van der Waals surface area contributed by atoms with Gasteiger partial charge in [0.15, 0.2) is 5.96 Å². The smallest absolute Gasteiger partial charge is 0.191 e. The number of rotatable bonds is 8. The van der Waals surface area contributed by atoms with E-state index in [1.54, 1.807) is 13.1 Å². The number of guanidine groups is 1. The fourth-order valence-electron chi connectivity index (χ4n) is 2.76. The van der Waals surface area contributed by atoms with Crippen molar-refractivity contribution in [3.05, 3.63) is 65.5 Å². The third-order valence-corrected chi connectivity index (χ3v) is 4.25. The Kier molecular flexibility index (Phi) is 11.0. The molecule has 2 N–H and O–H groups in total. The van der Waals surface area contributed by atoms with Gasteiger partial charge in [-0.1, -0.05) is 18.2 Å². The fraction of sp³-hybridized carbons (Fsp3) is 0.333. The Morgan fingerprint density at radius 2 is 1.93 bits per heavy atom. The summed E-state index contributed by atoms with van der Waals surface area (Å²) in [6.45, 7) is 5.05. The van der Waals surface area contributed by atoms with Gasteiger partial charge in [-0.05, 0) is 43.7 Å². The summed E-state index contributed by atoms with van der Waals surface area (Å²) >= 11 is 0. The number of nitriles is 1.